The molecule has 1 aliphatic rings. The zero-order valence-electron chi connectivity index (χ0n) is 8.68. The Balaban J connectivity index is 2.06. The summed E-state index contributed by atoms with van der Waals surface area (Å²) in [6, 6.07) is 3.74. The highest BCUT2D eigenvalue weighted by atomic mass is 16.3. The summed E-state index contributed by atoms with van der Waals surface area (Å²) >= 11 is 0. The summed E-state index contributed by atoms with van der Waals surface area (Å²) in [6.45, 7) is 0. The number of aromatic nitrogens is 2. The molecule has 2 heterocycles. The molecule has 3 rings (SSSR count). The Morgan fingerprint density at radius 3 is 2.88 bits per heavy atom. The van der Waals surface area contributed by atoms with Gasteiger partial charge in [-0.25, -0.2) is 15.8 Å². The van der Waals surface area contributed by atoms with Crippen molar-refractivity contribution in [2.45, 2.75) is 18.8 Å². The van der Waals surface area contributed by atoms with E-state index in [4.69, 9.17) is 10.3 Å². The molecule has 3 N–H and O–H groups in total. The lowest BCUT2D eigenvalue weighted by molar-refractivity contribution is 0.568. The first kappa shape index (κ1) is 9.35. The fourth-order valence-corrected chi connectivity index (χ4v) is 1.65. The second-order valence-electron chi connectivity index (χ2n) is 3.93. The number of hydrogen-bond donors (Lipinski definition) is 2. The lowest BCUT2D eigenvalue weighted by Crippen LogP contribution is -2.10. The highest BCUT2D eigenvalue weighted by molar-refractivity contribution is 5.56. The Bertz CT molecular complexity index is 491. The van der Waals surface area contributed by atoms with Crippen LogP contribution in [0.25, 0.3) is 11.4 Å². The van der Waals surface area contributed by atoms with Crippen LogP contribution in [-0.2, 0) is 0 Å². The fourth-order valence-electron chi connectivity index (χ4n) is 1.65. The summed E-state index contributed by atoms with van der Waals surface area (Å²) in [7, 11) is 0. The first-order valence-electron chi connectivity index (χ1n) is 5.25. The average Bonchev–Trinajstić information content (AvgIpc) is 3.04. The lowest BCUT2D eigenvalue weighted by Gasteiger charge is -2.05. The molecule has 0 aliphatic heterocycles. The standard InChI is InChI=1S/C11H12N4O/c12-15-10-5-9(7-1-2-7)13-11(14-10)8-3-4-16-6-8/h3-7H,1-2,12H2,(H,13,14,15). The number of furan rings is 1. The van der Waals surface area contributed by atoms with E-state index in [2.05, 4.69) is 15.4 Å². The van der Waals surface area contributed by atoms with Crippen LogP contribution in [0.5, 0.6) is 0 Å². The van der Waals surface area contributed by atoms with Crippen molar-refractivity contribution in [3.8, 4) is 11.4 Å². The Morgan fingerprint density at radius 1 is 1.38 bits per heavy atom. The normalized spacial score (nSPS) is 15.1. The Labute approximate surface area is 92.7 Å². The molecule has 0 saturated heterocycles. The van der Waals surface area contributed by atoms with Crippen molar-refractivity contribution in [1.29, 1.82) is 0 Å². The molecule has 5 heteroatoms. The summed E-state index contributed by atoms with van der Waals surface area (Å²) in [6.07, 6.45) is 5.64. The van der Waals surface area contributed by atoms with E-state index in [1.807, 2.05) is 12.1 Å². The lowest BCUT2D eigenvalue weighted by atomic mass is 10.2. The van der Waals surface area contributed by atoms with Crippen LogP contribution in [0.2, 0.25) is 0 Å². The first-order chi connectivity index (χ1) is 7.86. The van der Waals surface area contributed by atoms with Gasteiger partial charge in [0.15, 0.2) is 5.82 Å². The molecule has 5 nitrogen and oxygen atoms in total. The molecule has 0 atom stereocenters. The van der Waals surface area contributed by atoms with Crippen LogP contribution in [0.4, 0.5) is 5.82 Å². The number of nitrogens with two attached hydrogens (primary N) is 1. The number of nitrogens with one attached hydrogen (secondary N) is 1. The molecule has 1 fully saturated rings. The number of anilines is 1. The zero-order valence-corrected chi connectivity index (χ0v) is 8.68. The van der Waals surface area contributed by atoms with E-state index in [1.54, 1.807) is 12.5 Å². The van der Waals surface area contributed by atoms with E-state index >= 15 is 0 Å². The maximum absolute atomic E-state index is 5.40. The summed E-state index contributed by atoms with van der Waals surface area (Å²) < 4.78 is 5.03. The van der Waals surface area contributed by atoms with Gasteiger partial charge < -0.3 is 9.84 Å². The zero-order chi connectivity index (χ0) is 11.0. The van der Waals surface area contributed by atoms with E-state index in [0.29, 0.717) is 17.6 Å². The van der Waals surface area contributed by atoms with Crippen LogP contribution in [-0.4, -0.2) is 9.97 Å². The van der Waals surface area contributed by atoms with Crippen molar-refractivity contribution < 1.29 is 4.42 Å². The molecule has 16 heavy (non-hydrogen) atoms. The molecule has 82 valence electrons. The molecule has 0 bridgehead atoms. The highest BCUT2D eigenvalue weighted by Gasteiger charge is 2.26. The second kappa shape index (κ2) is 3.61. The minimum absolute atomic E-state index is 0.570. The molecule has 0 unspecified atom stereocenters. The molecule has 1 aliphatic carbocycles. The smallest absolute Gasteiger partial charge is 0.165 e. The summed E-state index contributed by atoms with van der Waals surface area (Å²) in [5.74, 6) is 7.27. The summed E-state index contributed by atoms with van der Waals surface area (Å²) in [5, 5.41) is 0. The minimum atomic E-state index is 0.570. The Morgan fingerprint density at radius 2 is 2.25 bits per heavy atom. The maximum Gasteiger partial charge on any atom is 0.165 e. The number of nitrogen functional groups attached to an aromatic ring is 1. The summed E-state index contributed by atoms with van der Waals surface area (Å²) in [4.78, 5) is 8.82. The number of hydrogen-bond acceptors (Lipinski definition) is 5. The largest absolute Gasteiger partial charge is 0.472 e. The number of nitrogens with zero attached hydrogens (tertiary/aromatic N) is 2. The van der Waals surface area contributed by atoms with Crippen LogP contribution < -0.4 is 11.3 Å². The SMILES string of the molecule is NNc1cc(C2CC2)nc(-c2ccoc2)n1. The maximum atomic E-state index is 5.40. The topological polar surface area (TPSA) is 77.0 Å². The molecule has 2 aromatic rings. The van der Waals surface area contributed by atoms with Gasteiger partial charge in [-0.1, -0.05) is 0 Å². The molecular weight excluding hydrogens is 204 g/mol. The van der Waals surface area contributed by atoms with Crippen LogP contribution in [0, 0.1) is 0 Å². The van der Waals surface area contributed by atoms with E-state index < -0.39 is 0 Å². The first-order valence-corrected chi connectivity index (χ1v) is 5.25. The van der Waals surface area contributed by atoms with Crippen molar-refractivity contribution in [2.24, 2.45) is 5.84 Å². The third kappa shape index (κ3) is 1.65. The molecule has 1 saturated carbocycles. The minimum Gasteiger partial charge on any atom is -0.472 e. The van der Waals surface area contributed by atoms with Crippen molar-refractivity contribution in [3.63, 3.8) is 0 Å². The van der Waals surface area contributed by atoms with Crippen LogP contribution >= 0.6 is 0 Å². The molecule has 2 aromatic heterocycles. The van der Waals surface area contributed by atoms with Crippen LogP contribution in [0.15, 0.2) is 29.1 Å². The summed E-state index contributed by atoms with van der Waals surface area (Å²) in [5.41, 5.74) is 4.50. The highest BCUT2D eigenvalue weighted by Crippen LogP contribution is 2.40. The van der Waals surface area contributed by atoms with E-state index in [0.717, 1.165) is 11.3 Å². The predicted octanol–water partition coefficient (Wildman–Crippen LogP) is 1.90. The molecular formula is C11H12N4O. The van der Waals surface area contributed by atoms with Gasteiger partial charge in [-0.15, -0.1) is 0 Å². The van der Waals surface area contributed by atoms with Crippen molar-refractivity contribution in [2.75, 3.05) is 5.43 Å². The van der Waals surface area contributed by atoms with Gasteiger partial charge in [-0.2, -0.15) is 0 Å². The van der Waals surface area contributed by atoms with Gasteiger partial charge in [-0.3, -0.25) is 0 Å². The van der Waals surface area contributed by atoms with Gasteiger partial charge in [0, 0.05) is 17.7 Å². The van der Waals surface area contributed by atoms with E-state index in [1.165, 1.54) is 12.8 Å². The van der Waals surface area contributed by atoms with Gasteiger partial charge in [0.25, 0.3) is 0 Å². The van der Waals surface area contributed by atoms with Crippen LogP contribution in [0.3, 0.4) is 0 Å². The molecule has 0 spiro atoms. The van der Waals surface area contributed by atoms with Gasteiger partial charge in [0.05, 0.1) is 11.8 Å². The van der Waals surface area contributed by atoms with E-state index in [9.17, 15) is 0 Å². The third-order valence-corrected chi connectivity index (χ3v) is 2.67. The quantitative estimate of drug-likeness (QED) is 0.605. The Kier molecular flexibility index (Phi) is 2.11. The molecule has 0 aromatic carbocycles. The van der Waals surface area contributed by atoms with E-state index in [-0.39, 0.29) is 0 Å². The van der Waals surface area contributed by atoms with Gasteiger partial charge in [0.2, 0.25) is 0 Å². The van der Waals surface area contributed by atoms with Crippen molar-refractivity contribution >= 4 is 5.82 Å². The van der Waals surface area contributed by atoms with Gasteiger partial charge >= 0.3 is 0 Å². The number of rotatable bonds is 3. The second-order valence-corrected chi connectivity index (χ2v) is 3.93. The monoisotopic (exact) mass is 216 g/mol. The average molecular weight is 216 g/mol. The predicted molar refractivity (Wildman–Crippen MR) is 59.5 cm³/mol. The fraction of sp³-hybridized carbons (Fsp3) is 0.273. The van der Waals surface area contributed by atoms with Crippen molar-refractivity contribution in [3.05, 3.63) is 30.4 Å². The van der Waals surface area contributed by atoms with Gasteiger partial charge in [-0.05, 0) is 18.9 Å². The molecule has 0 radical (unpaired) electrons. The molecule has 0 amide bonds. The Hall–Kier alpha value is -1.88. The number of hydrazine groups is 1. The van der Waals surface area contributed by atoms with Crippen LogP contribution in [0.1, 0.15) is 24.5 Å². The van der Waals surface area contributed by atoms with Gasteiger partial charge in [0.1, 0.15) is 12.1 Å². The third-order valence-electron chi connectivity index (χ3n) is 2.67. The van der Waals surface area contributed by atoms with Crippen molar-refractivity contribution in [1.82, 2.24) is 9.97 Å².